The summed E-state index contributed by atoms with van der Waals surface area (Å²) in [6.45, 7) is 1.82. The van der Waals surface area contributed by atoms with Crippen molar-refractivity contribution >= 4 is 21.8 Å². The molecule has 1 amide bonds. The molecule has 0 saturated carbocycles. The molecule has 2 atom stereocenters. The lowest BCUT2D eigenvalue weighted by molar-refractivity contribution is -0.126. The Hall–Kier alpha value is -3.07. The normalized spacial score (nSPS) is 23.6. The molecule has 0 aromatic heterocycles. The van der Waals surface area contributed by atoms with E-state index < -0.39 is 10.0 Å². The number of rotatable bonds is 3. The van der Waals surface area contributed by atoms with Crippen LogP contribution < -0.4 is 14.8 Å². The number of benzene rings is 2. The molecule has 2 aromatic rings. The minimum Gasteiger partial charge on any atom is -0.486 e. The van der Waals surface area contributed by atoms with Crippen molar-refractivity contribution in [3.8, 4) is 11.5 Å². The summed E-state index contributed by atoms with van der Waals surface area (Å²) in [6, 6.07) is 14.3. The van der Waals surface area contributed by atoms with Gasteiger partial charge in [0.2, 0.25) is 5.91 Å². The van der Waals surface area contributed by atoms with Gasteiger partial charge in [0.05, 0.1) is 12.5 Å². The SMILES string of the molecule is O=C(NC[C@@H]1COc2ccccc2O1)[C@@H]1CCCN(C2=NS(=O)(=O)c3ccccc32)C1. The first kappa shape index (κ1) is 19.9. The van der Waals surface area contributed by atoms with Crippen LogP contribution in [0.15, 0.2) is 57.8 Å². The number of carbonyl (C=O) groups excluding carboxylic acids is 1. The lowest BCUT2D eigenvalue weighted by Crippen LogP contribution is -2.48. The second kappa shape index (κ2) is 7.88. The molecule has 0 aliphatic carbocycles. The van der Waals surface area contributed by atoms with Gasteiger partial charge < -0.3 is 19.7 Å². The van der Waals surface area contributed by atoms with Gasteiger partial charge >= 0.3 is 0 Å². The highest BCUT2D eigenvalue weighted by Crippen LogP contribution is 2.31. The number of ether oxygens (including phenoxy) is 2. The smallest absolute Gasteiger partial charge is 0.285 e. The molecule has 9 heteroatoms. The summed E-state index contributed by atoms with van der Waals surface area (Å²) in [4.78, 5) is 15.0. The van der Waals surface area contributed by atoms with E-state index in [4.69, 9.17) is 9.47 Å². The highest BCUT2D eigenvalue weighted by molar-refractivity contribution is 7.90. The van der Waals surface area contributed by atoms with Gasteiger partial charge in [-0.05, 0) is 37.1 Å². The van der Waals surface area contributed by atoms with E-state index in [1.807, 2.05) is 29.2 Å². The molecule has 3 aliphatic heterocycles. The molecule has 0 spiro atoms. The van der Waals surface area contributed by atoms with Crippen molar-refractivity contribution in [3.63, 3.8) is 0 Å². The molecular formula is C22H23N3O5S. The molecular weight excluding hydrogens is 418 g/mol. The summed E-state index contributed by atoms with van der Waals surface area (Å²) in [5.74, 6) is 1.51. The van der Waals surface area contributed by atoms with Crippen molar-refractivity contribution in [2.75, 3.05) is 26.2 Å². The van der Waals surface area contributed by atoms with Crippen molar-refractivity contribution in [2.24, 2.45) is 10.3 Å². The minimum atomic E-state index is -3.68. The van der Waals surface area contributed by atoms with Crippen LogP contribution in [-0.2, 0) is 14.8 Å². The number of sulfonamides is 1. The number of nitrogens with one attached hydrogen (secondary N) is 1. The third-order valence-electron chi connectivity index (χ3n) is 5.78. The molecule has 5 rings (SSSR count). The Morgan fingerprint density at radius 3 is 2.77 bits per heavy atom. The fourth-order valence-electron chi connectivity index (χ4n) is 4.22. The number of piperidine rings is 1. The third kappa shape index (κ3) is 3.85. The first-order valence-electron chi connectivity index (χ1n) is 10.4. The Bertz CT molecular complexity index is 1150. The molecule has 8 nitrogen and oxygen atoms in total. The molecule has 162 valence electrons. The Balaban J connectivity index is 1.22. The summed E-state index contributed by atoms with van der Waals surface area (Å²) < 4.78 is 40.3. The lowest BCUT2D eigenvalue weighted by Gasteiger charge is -2.34. The van der Waals surface area contributed by atoms with E-state index in [2.05, 4.69) is 9.71 Å². The Morgan fingerprint density at radius 1 is 1.13 bits per heavy atom. The van der Waals surface area contributed by atoms with Crippen molar-refractivity contribution in [3.05, 3.63) is 54.1 Å². The van der Waals surface area contributed by atoms with Gasteiger partial charge in [-0.25, -0.2) is 0 Å². The molecule has 1 N–H and O–H groups in total. The highest BCUT2D eigenvalue weighted by Gasteiger charge is 2.35. The average Bonchev–Trinajstić information content (AvgIpc) is 3.08. The summed E-state index contributed by atoms with van der Waals surface area (Å²) in [6.07, 6.45) is 1.28. The molecule has 1 fully saturated rings. The summed E-state index contributed by atoms with van der Waals surface area (Å²) >= 11 is 0. The van der Waals surface area contributed by atoms with Gasteiger partial charge in [0, 0.05) is 18.7 Å². The van der Waals surface area contributed by atoms with Crippen LogP contribution in [0.4, 0.5) is 0 Å². The van der Waals surface area contributed by atoms with Gasteiger partial charge in [-0.15, -0.1) is 4.40 Å². The molecule has 3 heterocycles. The third-order valence-corrected chi connectivity index (χ3v) is 7.10. The quantitative estimate of drug-likeness (QED) is 0.780. The fraction of sp³-hybridized carbons (Fsp3) is 0.364. The average molecular weight is 442 g/mol. The van der Waals surface area contributed by atoms with Crippen molar-refractivity contribution in [1.82, 2.24) is 10.2 Å². The van der Waals surface area contributed by atoms with E-state index in [1.165, 1.54) is 0 Å². The van der Waals surface area contributed by atoms with Gasteiger partial charge in [0.25, 0.3) is 10.0 Å². The molecule has 0 radical (unpaired) electrons. The van der Waals surface area contributed by atoms with Crippen LogP contribution in [0.1, 0.15) is 18.4 Å². The van der Waals surface area contributed by atoms with Crippen molar-refractivity contribution in [1.29, 1.82) is 0 Å². The van der Waals surface area contributed by atoms with Gasteiger partial charge in [-0.1, -0.05) is 24.3 Å². The second-order valence-corrected chi connectivity index (χ2v) is 9.49. The van der Waals surface area contributed by atoms with Gasteiger partial charge in [-0.2, -0.15) is 8.42 Å². The van der Waals surface area contributed by atoms with Crippen LogP contribution in [0.5, 0.6) is 11.5 Å². The standard InChI is InChI=1S/C22H23N3O5S/c26-22(23-12-16-14-29-18-8-2-3-9-19(18)30-16)15-6-5-11-25(13-15)21-17-7-1-4-10-20(17)31(27,28)24-21/h1-4,7-10,15-16H,5-6,11-14H2,(H,23,26)/t15-,16-/m1/s1. The first-order chi connectivity index (χ1) is 15.0. The van der Waals surface area contributed by atoms with E-state index in [0.717, 1.165) is 12.8 Å². The van der Waals surface area contributed by atoms with E-state index in [0.29, 0.717) is 49.1 Å². The Kier molecular flexibility index (Phi) is 5.05. The number of fused-ring (bicyclic) bond motifs is 2. The summed E-state index contributed by atoms with van der Waals surface area (Å²) in [5, 5.41) is 2.97. The van der Waals surface area contributed by atoms with Crippen LogP contribution in [0, 0.1) is 5.92 Å². The van der Waals surface area contributed by atoms with Crippen LogP contribution in [0.25, 0.3) is 0 Å². The zero-order valence-corrected chi connectivity index (χ0v) is 17.7. The lowest BCUT2D eigenvalue weighted by atomic mass is 9.96. The molecule has 31 heavy (non-hydrogen) atoms. The maximum absolute atomic E-state index is 12.8. The van der Waals surface area contributed by atoms with Crippen LogP contribution in [0.2, 0.25) is 0 Å². The largest absolute Gasteiger partial charge is 0.486 e. The Morgan fingerprint density at radius 2 is 1.90 bits per heavy atom. The van der Waals surface area contributed by atoms with Crippen molar-refractivity contribution in [2.45, 2.75) is 23.8 Å². The second-order valence-electron chi connectivity index (χ2n) is 7.91. The molecule has 3 aliphatic rings. The number of hydrogen-bond donors (Lipinski definition) is 1. The predicted octanol–water partition coefficient (Wildman–Crippen LogP) is 1.80. The predicted molar refractivity (Wildman–Crippen MR) is 114 cm³/mol. The zero-order valence-electron chi connectivity index (χ0n) is 16.9. The van der Waals surface area contributed by atoms with E-state index in [9.17, 15) is 13.2 Å². The Labute approximate surface area is 180 Å². The number of hydrogen-bond acceptors (Lipinski definition) is 6. The van der Waals surface area contributed by atoms with Gasteiger partial charge in [-0.3, -0.25) is 4.79 Å². The van der Waals surface area contributed by atoms with E-state index in [1.54, 1.807) is 24.3 Å². The monoisotopic (exact) mass is 441 g/mol. The topological polar surface area (TPSA) is 97.3 Å². The number of likely N-dealkylation sites (tertiary alicyclic amines) is 1. The maximum Gasteiger partial charge on any atom is 0.285 e. The number of amides is 1. The van der Waals surface area contributed by atoms with E-state index >= 15 is 0 Å². The number of para-hydroxylation sites is 2. The van der Waals surface area contributed by atoms with Crippen molar-refractivity contribution < 1.29 is 22.7 Å². The minimum absolute atomic E-state index is 0.0677. The first-order valence-corrected chi connectivity index (χ1v) is 11.8. The van der Waals surface area contributed by atoms with Crippen LogP contribution in [-0.4, -0.2) is 57.4 Å². The van der Waals surface area contributed by atoms with E-state index in [-0.39, 0.29) is 22.8 Å². The van der Waals surface area contributed by atoms with Crippen LogP contribution >= 0.6 is 0 Å². The highest BCUT2D eigenvalue weighted by atomic mass is 32.2. The number of carbonyl (C=O) groups is 1. The number of nitrogens with zero attached hydrogens (tertiary/aromatic N) is 2. The summed E-state index contributed by atoms with van der Waals surface area (Å²) in [7, 11) is -3.68. The molecule has 1 saturated heterocycles. The maximum atomic E-state index is 12.8. The molecule has 0 bridgehead atoms. The van der Waals surface area contributed by atoms with Gasteiger partial charge in [0.1, 0.15) is 17.6 Å². The fourth-order valence-corrected chi connectivity index (χ4v) is 5.45. The number of amidine groups is 1. The molecule has 2 aromatic carbocycles. The zero-order chi connectivity index (χ0) is 21.4. The molecule has 0 unspecified atom stereocenters. The van der Waals surface area contributed by atoms with Gasteiger partial charge in [0.15, 0.2) is 17.3 Å². The van der Waals surface area contributed by atoms with Crippen LogP contribution in [0.3, 0.4) is 0 Å². The summed E-state index contributed by atoms with van der Waals surface area (Å²) in [5.41, 5.74) is 0.606.